The predicted octanol–water partition coefficient (Wildman–Crippen LogP) is 4.86. The van der Waals surface area contributed by atoms with Gasteiger partial charge in [-0.05, 0) is 29.8 Å². The van der Waals surface area contributed by atoms with Gasteiger partial charge >= 0.3 is 0 Å². The van der Waals surface area contributed by atoms with Crippen molar-refractivity contribution in [2.75, 3.05) is 39.2 Å². The zero-order chi connectivity index (χ0) is 25.2. The monoisotopic (exact) mass is 527 g/mol. The first-order valence-corrected chi connectivity index (χ1v) is 11.9. The number of amides is 1. The van der Waals surface area contributed by atoms with E-state index in [2.05, 4.69) is 25.8 Å². The summed E-state index contributed by atoms with van der Waals surface area (Å²) in [6.45, 7) is 2.26. The molecular weight excluding hydrogens is 505 g/mol. The molecule has 4 aromatic rings. The van der Waals surface area contributed by atoms with E-state index in [0.29, 0.717) is 61.8 Å². The molecule has 1 fully saturated rings. The van der Waals surface area contributed by atoms with Crippen LogP contribution in [-0.2, 0) is 4.74 Å². The topological polar surface area (TPSA) is 110 Å². The summed E-state index contributed by atoms with van der Waals surface area (Å²) in [5, 5.41) is 14.5. The fraction of sp³-hybridized carbons (Fsp3) is 0.240. The van der Waals surface area contributed by atoms with Gasteiger partial charge in [-0.25, -0.2) is 4.98 Å². The number of benzene rings is 2. The first-order chi connectivity index (χ1) is 17.5. The maximum absolute atomic E-state index is 12.9. The Hall–Kier alpha value is -3.37. The van der Waals surface area contributed by atoms with E-state index in [9.17, 15) is 4.79 Å². The number of nitrogens with zero attached hydrogens (tertiary/aromatic N) is 2. The summed E-state index contributed by atoms with van der Waals surface area (Å²) in [6.07, 6.45) is -0.0158. The number of hydrogen-bond donors (Lipinski definition) is 3. The van der Waals surface area contributed by atoms with Crippen LogP contribution >= 0.6 is 23.2 Å². The van der Waals surface area contributed by atoms with Crippen molar-refractivity contribution in [3.63, 3.8) is 0 Å². The minimum absolute atomic E-state index is 0.0158. The molecule has 1 atom stereocenters. The number of carbonyl (C=O) groups excluding carboxylic acids is 1. The van der Waals surface area contributed by atoms with Crippen molar-refractivity contribution < 1.29 is 19.0 Å². The molecule has 0 saturated carbocycles. The van der Waals surface area contributed by atoms with Crippen molar-refractivity contribution >= 4 is 46.0 Å². The standard InChI is InChI=1S/C25H23Cl2N5O4/c1-34-17-11-18(35-2)22(27)20(21(17)26)16-8-7-15-23(29-16)31-32-24(15)30-25(33)14-5-3-13(4-6-14)19-12-28-9-10-36-19/h3-8,11,19,28H,9-10,12H2,1-2H3,(H2,29,30,31,32,33). The summed E-state index contributed by atoms with van der Waals surface area (Å²) < 4.78 is 16.5. The minimum atomic E-state index is -0.287. The van der Waals surface area contributed by atoms with Crippen molar-refractivity contribution in [3.05, 3.63) is 63.6 Å². The van der Waals surface area contributed by atoms with Crippen LogP contribution in [-0.4, -0.2) is 55.0 Å². The van der Waals surface area contributed by atoms with Gasteiger partial charge in [0, 0.05) is 30.3 Å². The fourth-order valence-electron chi connectivity index (χ4n) is 4.06. The molecular formula is C25H23Cl2N5O4. The molecule has 1 amide bonds. The largest absolute Gasteiger partial charge is 0.495 e. The van der Waals surface area contributed by atoms with E-state index in [0.717, 1.165) is 18.7 Å². The van der Waals surface area contributed by atoms with Crippen molar-refractivity contribution in [2.24, 2.45) is 0 Å². The molecule has 3 N–H and O–H groups in total. The summed E-state index contributed by atoms with van der Waals surface area (Å²) in [5.74, 6) is 0.887. The van der Waals surface area contributed by atoms with Crippen LogP contribution in [0.4, 0.5) is 5.82 Å². The Bertz CT molecular complexity index is 1390. The van der Waals surface area contributed by atoms with Crippen LogP contribution in [0.5, 0.6) is 11.5 Å². The van der Waals surface area contributed by atoms with Crippen molar-refractivity contribution in [1.29, 1.82) is 0 Å². The molecule has 11 heteroatoms. The third-order valence-corrected chi connectivity index (χ3v) is 6.71. The highest BCUT2D eigenvalue weighted by Gasteiger charge is 2.21. The number of aromatic nitrogens is 3. The van der Waals surface area contributed by atoms with Crippen LogP contribution in [0.3, 0.4) is 0 Å². The Balaban J connectivity index is 1.39. The third kappa shape index (κ3) is 4.58. The number of halogens is 2. The number of aromatic amines is 1. The van der Waals surface area contributed by atoms with Crippen molar-refractivity contribution in [1.82, 2.24) is 20.5 Å². The van der Waals surface area contributed by atoms with Gasteiger partial charge in [-0.2, -0.15) is 5.10 Å². The highest BCUT2D eigenvalue weighted by atomic mass is 35.5. The lowest BCUT2D eigenvalue weighted by atomic mass is 10.1. The average molecular weight is 528 g/mol. The molecule has 0 radical (unpaired) electrons. The normalized spacial score (nSPS) is 15.6. The molecule has 9 nitrogen and oxygen atoms in total. The van der Waals surface area contributed by atoms with Gasteiger partial charge in [0.2, 0.25) is 0 Å². The number of morpholine rings is 1. The number of rotatable bonds is 6. The second-order valence-electron chi connectivity index (χ2n) is 8.09. The highest BCUT2D eigenvalue weighted by molar-refractivity contribution is 6.41. The second-order valence-corrected chi connectivity index (χ2v) is 8.84. The van der Waals surface area contributed by atoms with Gasteiger partial charge in [-0.15, -0.1) is 0 Å². The number of fused-ring (bicyclic) bond motifs is 1. The van der Waals surface area contributed by atoms with Crippen LogP contribution in [0, 0.1) is 0 Å². The van der Waals surface area contributed by atoms with E-state index in [1.807, 2.05) is 12.1 Å². The fourth-order valence-corrected chi connectivity index (χ4v) is 4.75. The highest BCUT2D eigenvalue weighted by Crippen LogP contribution is 2.45. The van der Waals surface area contributed by atoms with Crippen LogP contribution in [0.2, 0.25) is 10.0 Å². The van der Waals surface area contributed by atoms with Gasteiger partial charge in [0.25, 0.3) is 5.91 Å². The van der Waals surface area contributed by atoms with E-state index < -0.39 is 0 Å². The number of anilines is 1. The lowest BCUT2D eigenvalue weighted by Gasteiger charge is -2.24. The van der Waals surface area contributed by atoms with Crippen LogP contribution < -0.4 is 20.1 Å². The first kappa shape index (κ1) is 24.3. The number of ether oxygens (including phenoxy) is 3. The van der Waals surface area contributed by atoms with Gasteiger partial charge < -0.3 is 24.8 Å². The Morgan fingerprint density at radius 3 is 2.44 bits per heavy atom. The van der Waals surface area contributed by atoms with Gasteiger partial charge in [-0.1, -0.05) is 35.3 Å². The van der Waals surface area contributed by atoms with Gasteiger partial charge in [0.15, 0.2) is 11.5 Å². The molecule has 1 saturated heterocycles. The van der Waals surface area contributed by atoms with Gasteiger partial charge in [0.05, 0.1) is 48.1 Å². The van der Waals surface area contributed by atoms with E-state index in [4.69, 9.17) is 37.4 Å². The molecule has 5 rings (SSSR count). The van der Waals surface area contributed by atoms with Crippen LogP contribution in [0.15, 0.2) is 42.5 Å². The molecule has 3 heterocycles. The molecule has 36 heavy (non-hydrogen) atoms. The number of hydrogen-bond acceptors (Lipinski definition) is 7. The molecule has 186 valence electrons. The summed E-state index contributed by atoms with van der Waals surface area (Å²) in [7, 11) is 3.01. The Morgan fingerprint density at radius 2 is 1.81 bits per heavy atom. The van der Waals surface area contributed by atoms with E-state index in [1.54, 1.807) is 30.3 Å². The summed E-state index contributed by atoms with van der Waals surface area (Å²) in [6, 6.07) is 12.5. The maximum atomic E-state index is 12.9. The third-order valence-electron chi connectivity index (χ3n) is 5.96. The van der Waals surface area contributed by atoms with E-state index in [-0.39, 0.29) is 12.0 Å². The SMILES string of the molecule is COc1cc(OC)c(Cl)c(-c2ccc3c(NC(=O)c4ccc(C5CNCCO5)cc4)n[nH]c3n2)c1Cl. The molecule has 0 spiro atoms. The van der Waals surface area contributed by atoms with Crippen molar-refractivity contribution in [3.8, 4) is 22.8 Å². The molecule has 2 aromatic heterocycles. The van der Waals surface area contributed by atoms with Gasteiger partial charge in [-0.3, -0.25) is 9.89 Å². The summed E-state index contributed by atoms with van der Waals surface area (Å²) in [4.78, 5) is 17.5. The summed E-state index contributed by atoms with van der Waals surface area (Å²) in [5.41, 5.74) is 2.94. The quantitative estimate of drug-likeness (QED) is 0.328. The Kier molecular flexibility index (Phi) is 6.97. The lowest BCUT2D eigenvalue weighted by molar-refractivity contribution is 0.0277. The average Bonchev–Trinajstić information content (AvgIpc) is 3.31. The minimum Gasteiger partial charge on any atom is -0.495 e. The molecule has 1 aliphatic rings. The maximum Gasteiger partial charge on any atom is 0.256 e. The molecule has 1 aliphatic heterocycles. The second kappa shape index (κ2) is 10.3. The van der Waals surface area contributed by atoms with Crippen LogP contribution in [0.1, 0.15) is 22.0 Å². The Labute approximate surface area is 217 Å². The smallest absolute Gasteiger partial charge is 0.256 e. The zero-order valence-electron chi connectivity index (χ0n) is 19.5. The number of pyridine rings is 1. The van der Waals surface area contributed by atoms with E-state index in [1.165, 1.54) is 14.2 Å². The first-order valence-electron chi connectivity index (χ1n) is 11.2. The summed E-state index contributed by atoms with van der Waals surface area (Å²) >= 11 is 13.1. The molecule has 2 aromatic carbocycles. The number of methoxy groups -OCH3 is 2. The predicted molar refractivity (Wildman–Crippen MR) is 138 cm³/mol. The van der Waals surface area contributed by atoms with E-state index >= 15 is 0 Å². The number of carbonyl (C=O) groups is 1. The molecule has 1 unspecified atom stereocenters. The zero-order valence-corrected chi connectivity index (χ0v) is 21.0. The number of nitrogens with one attached hydrogen (secondary N) is 3. The number of H-pyrrole nitrogens is 1. The Morgan fingerprint density at radius 1 is 1.08 bits per heavy atom. The molecule has 0 bridgehead atoms. The van der Waals surface area contributed by atoms with Crippen LogP contribution in [0.25, 0.3) is 22.3 Å². The van der Waals surface area contributed by atoms with Crippen molar-refractivity contribution in [2.45, 2.75) is 6.10 Å². The molecule has 0 aliphatic carbocycles. The van der Waals surface area contributed by atoms with Gasteiger partial charge in [0.1, 0.15) is 11.5 Å². The lowest BCUT2D eigenvalue weighted by Crippen LogP contribution is -2.33.